The summed E-state index contributed by atoms with van der Waals surface area (Å²) in [6, 6.07) is 10.2. The molecule has 24 heavy (non-hydrogen) atoms. The Morgan fingerprint density at radius 2 is 1.96 bits per heavy atom. The predicted molar refractivity (Wildman–Crippen MR) is 93.2 cm³/mol. The zero-order valence-corrected chi connectivity index (χ0v) is 13.8. The third-order valence-corrected chi connectivity index (χ3v) is 6.14. The van der Waals surface area contributed by atoms with Crippen molar-refractivity contribution in [3.05, 3.63) is 57.9 Å². The third-order valence-electron chi connectivity index (χ3n) is 5.19. The van der Waals surface area contributed by atoms with Crippen LogP contribution in [-0.2, 0) is 22.6 Å². The quantitative estimate of drug-likeness (QED) is 0.731. The Morgan fingerprint density at radius 3 is 2.79 bits per heavy atom. The number of nitrogens with zero attached hydrogens (tertiary/aromatic N) is 1. The van der Waals surface area contributed by atoms with Crippen molar-refractivity contribution >= 4 is 34.1 Å². The van der Waals surface area contributed by atoms with Gasteiger partial charge in [0, 0.05) is 23.0 Å². The molecule has 2 atom stereocenters. The fourth-order valence-corrected chi connectivity index (χ4v) is 5.05. The van der Waals surface area contributed by atoms with Gasteiger partial charge in [-0.3, -0.25) is 14.9 Å². The summed E-state index contributed by atoms with van der Waals surface area (Å²) in [5.74, 6) is -1.21. The Labute approximate surface area is 143 Å². The number of nitrogens with one attached hydrogen (secondary N) is 1. The number of carbonyl (C=O) groups excluding carboxylic acids is 2. The van der Waals surface area contributed by atoms with E-state index < -0.39 is 11.8 Å². The minimum absolute atomic E-state index is 0.179. The van der Waals surface area contributed by atoms with Crippen molar-refractivity contribution < 1.29 is 9.59 Å². The van der Waals surface area contributed by atoms with Crippen molar-refractivity contribution in [2.24, 2.45) is 0 Å². The SMILES string of the molecule is O=C1NC(=O)[C@@H](c2cn3c4c(cccc24)CCC3)[C@@H]1c1cccs1. The number of thiophene rings is 1. The Hall–Kier alpha value is -2.40. The van der Waals surface area contributed by atoms with Crippen LogP contribution in [0.3, 0.4) is 0 Å². The molecule has 0 spiro atoms. The topological polar surface area (TPSA) is 51.1 Å². The number of imide groups is 1. The highest BCUT2D eigenvalue weighted by atomic mass is 32.1. The molecule has 1 saturated heterocycles. The van der Waals surface area contributed by atoms with Gasteiger partial charge in [-0.25, -0.2) is 0 Å². The normalized spacial score (nSPS) is 23.0. The van der Waals surface area contributed by atoms with Crippen molar-refractivity contribution in [3.8, 4) is 0 Å². The molecule has 0 saturated carbocycles. The second-order valence-corrected chi connectivity index (χ2v) is 7.50. The zero-order chi connectivity index (χ0) is 16.3. The lowest BCUT2D eigenvalue weighted by Crippen LogP contribution is -2.21. The molecule has 2 amide bonds. The number of hydrogen-bond donors (Lipinski definition) is 1. The van der Waals surface area contributed by atoms with E-state index in [4.69, 9.17) is 0 Å². The van der Waals surface area contributed by atoms with E-state index in [-0.39, 0.29) is 11.8 Å². The van der Waals surface area contributed by atoms with Crippen LogP contribution in [-0.4, -0.2) is 16.4 Å². The zero-order valence-electron chi connectivity index (χ0n) is 13.0. The van der Waals surface area contributed by atoms with Gasteiger partial charge in [0.15, 0.2) is 0 Å². The van der Waals surface area contributed by atoms with Crippen LogP contribution in [0.1, 0.15) is 34.3 Å². The fourth-order valence-electron chi connectivity index (χ4n) is 4.19. The molecule has 0 unspecified atom stereocenters. The van der Waals surface area contributed by atoms with Crippen molar-refractivity contribution in [1.29, 1.82) is 0 Å². The summed E-state index contributed by atoms with van der Waals surface area (Å²) in [6.45, 7) is 0.972. The molecule has 0 bridgehead atoms. The van der Waals surface area contributed by atoms with Gasteiger partial charge in [0.25, 0.3) is 0 Å². The lowest BCUT2D eigenvalue weighted by Gasteiger charge is -2.15. The van der Waals surface area contributed by atoms with Gasteiger partial charge in [0.2, 0.25) is 11.8 Å². The van der Waals surface area contributed by atoms with E-state index in [0.717, 1.165) is 35.2 Å². The number of para-hydroxylation sites is 1. The highest BCUT2D eigenvalue weighted by molar-refractivity contribution is 7.10. The van der Waals surface area contributed by atoms with Crippen LogP contribution in [0.15, 0.2) is 41.9 Å². The molecule has 2 aliphatic rings. The summed E-state index contributed by atoms with van der Waals surface area (Å²) in [5, 5.41) is 5.62. The molecule has 1 aromatic carbocycles. The van der Waals surface area contributed by atoms with Gasteiger partial charge in [-0.1, -0.05) is 24.3 Å². The molecule has 2 aromatic heterocycles. The van der Waals surface area contributed by atoms with E-state index >= 15 is 0 Å². The first kappa shape index (κ1) is 14.0. The van der Waals surface area contributed by atoms with Gasteiger partial charge >= 0.3 is 0 Å². The van der Waals surface area contributed by atoms with E-state index in [1.807, 2.05) is 17.5 Å². The van der Waals surface area contributed by atoms with E-state index in [9.17, 15) is 9.59 Å². The maximum absolute atomic E-state index is 12.6. The van der Waals surface area contributed by atoms with Crippen LogP contribution in [0, 0.1) is 0 Å². The molecule has 5 heteroatoms. The van der Waals surface area contributed by atoms with Gasteiger partial charge in [-0.05, 0) is 35.4 Å². The molecule has 5 rings (SSSR count). The van der Waals surface area contributed by atoms with Crippen molar-refractivity contribution in [1.82, 2.24) is 9.88 Å². The van der Waals surface area contributed by atoms with E-state index in [0.29, 0.717) is 0 Å². The summed E-state index contributed by atoms with van der Waals surface area (Å²) in [6.07, 6.45) is 4.28. The number of amides is 2. The molecule has 4 nitrogen and oxygen atoms in total. The molecule has 120 valence electrons. The smallest absolute Gasteiger partial charge is 0.236 e. The second-order valence-electron chi connectivity index (χ2n) is 6.52. The lowest BCUT2D eigenvalue weighted by molar-refractivity contribution is -0.125. The first-order chi connectivity index (χ1) is 11.7. The number of hydrogen-bond acceptors (Lipinski definition) is 3. The largest absolute Gasteiger partial charge is 0.347 e. The summed E-state index contributed by atoms with van der Waals surface area (Å²) < 4.78 is 2.26. The fraction of sp³-hybridized carbons (Fsp3) is 0.263. The first-order valence-electron chi connectivity index (χ1n) is 8.23. The van der Waals surface area contributed by atoms with Gasteiger partial charge in [-0.15, -0.1) is 11.3 Å². The van der Waals surface area contributed by atoms with Crippen LogP contribution in [0.25, 0.3) is 10.9 Å². The molecular weight excluding hydrogens is 320 g/mol. The molecule has 3 aromatic rings. The van der Waals surface area contributed by atoms with Gasteiger partial charge in [0.05, 0.1) is 17.4 Å². The average Bonchev–Trinajstić information content (AvgIpc) is 3.27. The molecule has 2 aliphatic heterocycles. The van der Waals surface area contributed by atoms with Gasteiger partial charge < -0.3 is 4.57 Å². The molecule has 0 radical (unpaired) electrons. The molecule has 1 N–H and O–H groups in total. The number of aryl methyl sites for hydroxylation is 2. The van der Waals surface area contributed by atoms with Crippen LogP contribution < -0.4 is 5.32 Å². The predicted octanol–water partition coefficient (Wildman–Crippen LogP) is 3.17. The van der Waals surface area contributed by atoms with E-state index in [1.54, 1.807) is 0 Å². The van der Waals surface area contributed by atoms with Crippen LogP contribution in [0.4, 0.5) is 0 Å². The summed E-state index contributed by atoms with van der Waals surface area (Å²) >= 11 is 1.54. The average molecular weight is 336 g/mol. The molecule has 4 heterocycles. The minimum atomic E-state index is -0.437. The Morgan fingerprint density at radius 1 is 1.08 bits per heavy atom. The Balaban J connectivity index is 1.73. The van der Waals surface area contributed by atoms with Crippen LogP contribution >= 0.6 is 11.3 Å². The first-order valence-corrected chi connectivity index (χ1v) is 9.11. The van der Waals surface area contributed by atoms with Crippen LogP contribution in [0.5, 0.6) is 0 Å². The maximum atomic E-state index is 12.6. The Kier molecular flexibility index (Phi) is 2.94. The monoisotopic (exact) mass is 336 g/mol. The van der Waals surface area contributed by atoms with E-state index in [2.05, 4.69) is 34.3 Å². The maximum Gasteiger partial charge on any atom is 0.236 e. The molecule has 1 fully saturated rings. The second kappa shape index (κ2) is 5.05. The van der Waals surface area contributed by atoms with Crippen molar-refractivity contribution in [2.75, 3.05) is 0 Å². The van der Waals surface area contributed by atoms with Gasteiger partial charge in [0.1, 0.15) is 0 Å². The van der Waals surface area contributed by atoms with E-state index in [1.165, 1.54) is 22.4 Å². The molecular formula is C19H16N2O2S. The third kappa shape index (κ3) is 1.85. The summed E-state index contributed by atoms with van der Waals surface area (Å²) in [5.41, 5.74) is 3.55. The number of benzene rings is 1. The number of rotatable bonds is 2. The molecule has 0 aliphatic carbocycles. The van der Waals surface area contributed by atoms with Crippen molar-refractivity contribution in [2.45, 2.75) is 31.2 Å². The van der Waals surface area contributed by atoms with Gasteiger partial charge in [-0.2, -0.15) is 0 Å². The van der Waals surface area contributed by atoms with Crippen LogP contribution in [0.2, 0.25) is 0 Å². The highest BCUT2D eigenvalue weighted by Gasteiger charge is 2.45. The highest BCUT2D eigenvalue weighted by Crippen LogP contribution is 2.43. The lowest BCUT2D eigenvalue weighted by atomic mass is 9.86. The summed E-state index contributed by atoms with van der Waals surface area (Å²) in [4.78, 5) is 26.0. The number of carbonyl (C=O) groups is 2. The van der Waals surface area contributed by atoms with Crippen molar-refractivity contribution in [3.63, 3.8) is 0 Å². The number of aromatic nitrogens is 1. The standard InChI is InChI=1S/C19H16N2O2S/c22-18-15(16(19(23)20-18)14-7-3-9-24-14)13-10-21-8-2-5-11-4-1-6-12(13)17(11)21/h1,3-4,6-7,9-10,15-16H,2,5,8H2,(H,20,22,23)/t15-,16-/m0/s1. The summed E-state index contributed by atoms with van der Waals surface area (Å²) in [7, 11) is 0. The Bertz CT molecular complexity index is 971. The minimum Gasteiger partial charge on any atom is -0.347 e.